The Morgan fingerprint density at radius 1 is 0.750 bits per heavy atom. The molecule has 216 valence electrons. The Morgan fingerprint density at radius 2 is 1.17 bits per heavy atom. The molecule has 8 nitrogen and oxygen atoms in total. The standard InChI is InChI=1S/C27H56NO7P/c1-2-3-4-5-6-7-8-9-10-11-12-13-14-15-16-17-18-19-20-21-27(30)35-26(24-29)25-34-36(31,32)33-23-22-28/h26,29H,2-25,28H2,1H3,(H,31,32)/t26-/m1/s1. The van der Waals surface area contributed by atoms with Crippen molar-refractivity contribution in [3.05, 3.63) is 0 Å². The largest absolute Gasteiger partial charge is 0.472 e. The number of ether oxygens (including phenoxy) is 1. The van der Waals surface area contributed by atoms with Crippen molar-refractivity contribution in [3.8, 4) is 0 Å². The van der Waals surface area contributed by atoms with Crippen molar-refractivity contribution >= 4 is 13.8 Å². The van der Waals surface area contributed by atoms with Gasteiger partial charge in [0.15, 0.2) is 0 Å². The van der Waals surface area contributed by atoms with Gasteiger partial charge in [-0.25, -0.2) is 4.57 Å². The molecule has 0 fully saturated rings. The summed E-state index contributed by atoms with van der Waals surface area (Å²) >= 11 is 0. The van der Waals surface area contributed by atoms with E-state index in [0.717, 1.165) is 19.3 Å². The summed E-state index contributed by atoms with van der Waals surface area (Å²) in [4.78, 5) is 21.4. The van der Waals surface area contributed by atoms with Crippen molar-refractivity contribution in [2.75, 3.05) is 26.4 Å². The summed E-state index contributed by atoms with van der Waals surface area (Å²) in [5.41, 5.74) is 5.20. The lowest BCUT2D eigenvalue weighted by Gasteiger charge is -2.17. The minimum atomic E-state index is -4.26. The molecule has 0 spiro atoms. The highest BCUT2D eigenvalue weighted by atomic mass is 31.2. The van der Waals surface area contributed by atoms with E-state index in [1.807, 2.05) is 0 Å². The molecular weight excluding hydrogens is 481 g/mol. The van der Waals surface area contributed by atoms with Crippen LogP contribution in [0, 0.1) is 0 Å². The van der Waals surface area contributed by atoms with Crippen LogP contribution in [0.3, 0.4) is 0 Å². The van der Waals surface area contributed by atoms with Gasteiger partial charge in [-0.05, 0) is 6.42 Å². The van der Waals surface area contributed by atoms with E-state index < -0.39 is 33.1 Å². The Labute approximate surface area is 220 Å². The second-order valence-corrected chi connectivity index (χ2v) is 11.2. The zero-order chi connectivity index (χ0) is 26.7. The maximum atomic E-state index is 11.9. The number of carbonyl (C=O) groups excluding carboxylic acids is 1. The molecule has 0 aliphatic rings. The summed E-state index contributed by atoms with van der Waals surface area (Å²) in [5, 5.41) is 9.29. The molecule has 0 saturated heterocycles. The van der Waals surface area contributed by atoms with E-state index in [-0.39, 0.29) is 19.6 Å². The molecule has 0 heterocycles. The first-order valence-corrected chi connectivity index (χ1v) is 16.1. The van der Waals surface area contributed by atoms with Crippen LogP contribution in [-0.4, -0.2) is 48.4 Å². The zero-order valence-electron chi connectivity index (χ0n) is 23.0. The third kappa shape index (κ3) is 25.2. The van der Waals surface area contributed by atoms with Gasteiger partial charge in [-0.15, -0.1) is 0 Å². The minimum absolute atomic E-state index is 0.0752. The lowest BCUT2D eigenvalue weighted by Crippen LogP contribution is -2.27. The monoisotopic (exact) mass is 537 g/mol. The van der Waals surface area contributed by atoms with Gasteiger partial charge in [0.1, 0.15) is 6.10 Å². The van der Waals surface area contributed by atoms with Crippen LogP contribution in [0.4, 0.5) is 0 Å². The molecule has 9 heteroatoms. The number of rotatable bonds is 28. The first kappa shape index (κ1) is 35.5. The summed E-state index contributed by atoms with van der Waals surface area (Å²) in [6, 6.07) is 0. The van der Waals surface area contributed by atoms with Crippen LogP contribution < -0.4 is 5.73 Å². The highest BCUT2D eigenvalue weighted by molar-refractivity contribution is 7.47. The number of hydrogen-bond acceptors (Lipinski definition) is 7. The molecule has 0 aromatic heterocycles. The minimum Gasteiger partial charge on any atom is -0.457 e. The Balaban J connectivity index is 3.46. The van der Waals surface area contributed by atoms with Crippen LogP contribution in [0.1, 0.15) is 135 Å². The van der Waals surface area contributed by atoms with Gasteiger partial charge in [-0.3, -0.25) is 13.8 Å². The Kier molecular flexibility index (Phi) is 25.8. The van der Waals surface area contributed by atoms with E-state index in [4.69, 9.17) is 15.0 Å². The SMILES string of the molecule is CCCCCCCCCCCCCCCCCCCCCC(=O)O[C@H](CO)COP(=O)(O)OCCN. The van der Waals surface area contributed by atoms with E-state index in [2.05, 4.69) is 11.4 Å². The molecule has 2 atom stereocenters. The average Bonchev–Trinajstić information content (AvgIpc) is 2.86. The summed E-state index contributed by atoms with van der Waals surface area (Å²) in [7, 11) is -4.26. The van der Waals surface area contributed by atoms with Crippen LogP contribution in [0.25, 0.3) is 0 Å². The number of carbonyl (C=O) groups is 1. The number of aliphatic hydroxyl groups is 1. The van der Waals surface area contributed by atoms with Gasteiger partial charge >= 0.3 is 13.8 Å². The van der Waals surface area contributed by atoms with E-state index in [9.17, 15) is 19.4 Å². The predicted molar refractivity (Wildman–Crippen MR) is 146 cm³/mol. The number of phosphoric acid groups is 1. The maximum Gasteiger partial charge on any atom is 0.472 e. The highest BCUT2D eigenvalue weighted by Gasteiger charge is 2.24. The third-order valence-corrected chi connectivity index (χ3v) is 7.27. The van der Waals surface area contributed by atoms with Crippen molar-refractivity contribution in [3.63, 3.8) is 0 Å². The van der Waals surface area contributed by atoms with Gasteiger partial charge in [0, 0.05) is 13.0 Å². The summed E-state index contributed by atoms with van der Waals surface area (Å²) in [5.74, 6) is -0.444. The molecule has 1 unspecified atom stereocenters. The molecule has 0 aliphatic heterocycles. The van der Waals surface area contributed by atoms with Crippen molar-refractivity contribution in [2.45, 2.75) is 141 Å². The summed E-state index contributed by atoms with van der Waals surface area (Å²) < 4.78 is 26.0. The van der Waals surface area contributed by atoms with Crippen LogP contribution in [-0.2, 0) is 23.1 Å². The Hall–Kier alpha value is -0.500. The highest BCUT2D eigenvalue weighted by Crippen LogP contribution is 2.42. The fourth-order valence-corrected chi connectivity index (χ4v) is 4.86. The lowest BCUT2D eigenvalue weighted by molar-refractivity contribution is -0.153. The number of hydrogen-bond donors (Lipinski definition) is 3. The van der Waals surface area contributed by atoms with E-state index in [1.54, 1.807) is 0 Å². The van der Waals surface area contributed by atoms with Gasteiger partial charge in [0.25, 0.3) is 0 Å². The topological polar surface area (TPSA) is 128 Å². The fraction of sp³-hybridized carbons (Fsp3) is 0.963. The first-order valence-electron chi connectivity index (χ1n) is 14.6. The van der Waals surface area contributed by atoms with Crippen LogP contribution in [0.15, 0.2) is 0 Å². The van der Waals surface area contributed by atoms with E-state index in [1.165, 1.54) is 103 Å². The molecule has 0 saturated carbocycles. The number of esters is 1. The normalized spacial score (nSPS) is 14.0. The van der Waals surface area contributed by atoms with E-state index >= 15 is 0 Å². The molecule has 0 bridgehead atoms. The molecule has 0 aliphatic carbocycles. The number of aliphatic hydroxyl groups excluding tert-OH is 1. The van der Waals surface area contributed by atoms with Gasteiger partial charge < -0.3 is 20.5 Å². The first-order chi connectivity index (χ1) is 17.4. The van der Waals surface area contributed by atoms with Gasteiger partial charge in [-0.2, -0.15) is 0 Å². The molecule has 0 aromatic rings. The van der Waals surface area contributed by atoms with Gasteiger partial charge in [-0.1, -0.05) is 122 Å². The molecular formula is C27H56NO7P. The third-order valence-electron chi connectivity index (χ3n) is 6.28. The lowest BCUT2D eigenvalue weighted by atomic mass is 10.0. The average molecular weight is 538 g/mol. The Bertz CT molecular complexity index is 536. The van der Waals surface area contributed by atoms with Crippen molar-refractivity contribution < 1.29 is 33.1 Å². The quantitative estimate of drug-likeness (QED) is 0.0564. The number of nitrogens with two attached hydrogens (primary N) is 1. The summed E-state index contributed by atoms with van der Waals surface area (Å²) in [6.45, 7) is 1.30. The van der Waals surface area contributed by atoms with Gasteiger partial charge in [0.2, 0.25) is 0 Å². The zero-order valence-corrected chi connectivity index (χ0v) is 23.9. The van der Waals surface area contributed by atoms with Gasteiger partial charge in [0.05, 0.1) is 19.8 Å². The second-order valence-electron chi connectivity index (χ2n) is 9.79. The molecule has 0 rings (SSSR count). The summed E-state index contributed by atoms with van der Waals surface area (Å²) in [6.07, 6.45) is 23.9. The van der Waals surface area contributed by atoms with Crippen molar-refractivity contribution in [1.29, 1.82) is 0 Å². The molecule has 0 amide bonds. The Morgan fingerprint density at radius 3 is 1.56 bits per heavy atom. The molecule has 0 radical (unpaired) electrons. The van der Waals surface area contributed by atoms with Crippen LogP contribution in [0.5, 0.6) is 0 Å². The fourth-order valence-electron chi connectivity index (χ4n) is 4.10. The van der Waals surface area contributed by atoms with Crippen molar-refractivity contribution in [2.24, 2.45) is 5.73 Å². The van der Waals surface area contributed by atoms with Crippen LogP contribution >= 0.6 is 7.82 Å². The van der Waals surface area contributed by atoms with Crippen molar-refractivity contribution in [1.82, 2.24) is 0 Å². The number of unbranched alkanes of at least 4 members (excludes halogenated alkanes) is 18. The van der Waals surface area contributed by atoms with Crippen LogP contribution in [0.2, 0.25) is 0 Å². The smallest absolute Gasteiger partial charge is 0.457 e. The molecule has 0 aromatic carbocycles. The maximum absolute atomic E-state index is 11.9. The van der Waals surface area contributed by atoms with E-state index in [0.29, 0.717) is 0 Å². The molecule has 36 heavy (non-hydrogen) atoms. The molecule has 4 N–H and O–H groups in total. The second kappa shape index (κ2) is 26.1. The number of phosphoric ester groups is 1. The predicted octanol–water partition coefficient (Wildman–Crippen LogP) is 6.80.